The second-order valence-electron chi connectivity index (χ2n) is 3.24. The van der Waals surface area contributed by atoms with E-state index in [0.717, 1.165) is 5.33 Å². The SMILES string of the molecule is CC1C=Cc2cc(CBr)ccc21. The van der Waals surface area contributed by atoms with Gasteiger partial charge in [-0.1, -0.05) is 53.2 Å². The molecule has 1 aliphatic carbocycles. The van der Waals surface area contributed by atoms with Crippen LogP contribution in [0.3, 0.4) is 0 Å². The van der Waals surface area contributed by atoms with Gasteiger partial charge in [0.15, 0.2) is 0 Å². The molecule has 1 atom stereocenters. The number of allylic oxidation sites excluding steroid dienone is 1. The highest BCUT2D eigenvalue weighted by molar-refractivity contribution is 9.08. The predicted molar refractivity (Wildman–Crippen MR) is 56.5 cm³/mol. The van der Waals surface area contributed by atoms with Crippen LogP contribution in [0.1, 0.15) is 29.5 Å². The summed E-state index contributed by atoms with van der Waals surface area (Å²) in [5, 5.41) is 0.947. The molecule has 0 radical (unpaired) electrons. The highest BCUT2D eigenvalue weighted by atomic mass is 79.9. The molecule has 0 bridgehead atoms. The minimum atomic E-state index is 0.601. The van der Waals surface area contributed by atoms with E-state index in [9.17, 15) is 0 Å². The smallest absolute Gasteiger partial charge is 0.0283 e. The van der Waals surface area contributed by atoms with E-state index in [0.29, 0.717) is 5.92 Å². The Morgan fingerprint density at radius 1 is 1.42 bits per heavy atom. The van der Waals surface area contributed by atoms with Gasteiger partial charge in [-0.3, -0.25) is 0 Å². The minimum absolute atomic E-state index is 0.601. The van der Waals surface area contributed by atoms with Gasteiger partial charge < -0.3 is 0 Å². The van der Waals surface area contributed by atoms with Crippen molar-refractivity contribution in [2.45, 2.75) is 18.2 Å². The summed E-state index contributed by atoms with van der Waals surface area (Å²) >= 11 is 3.46. The second-order valence-corrected chi connectivity index (χ2v) is 3.81. The number of hydrogen-bond donors (Lipinski definition) is 0. The standard InChI is InChI=1S/C11H11Br/c1-8-2-4-10-6-9(7-12)3-5-11(8)10/h2-6,8H,7H2,1H3. The van der Waals surface area contributed by atoms with Crippen molar-refractivity contribution in [3.8, 4) is 0 Å². The molecule has 0 saturated heterocycles. The van der Waals surface area contributed by atoms with Gasteiger partial charge in [0.25, 0.3) is 0 Å². The Hall–Kier alpha value is -0.560. The Balaban J connectivity index is 2.47. The molecule has 0 spiro atoms. The molecule has 0 aromatic heterocycles. The van der Waals surface area contributed by atoms with Crippen LogP contribution < -0.4 is 0 Å². The lowest BCUT2D eigenvalue weighted by Gasteiger charge is -2.05. The van der Waals surface area contributed by atoms with Gasteiger partial charge in [-0.2, -0.15) is 0 Å². The molecule has 0 amide bonds. The summed E-state index contributed by atoms with van der Waals surface area (Å²) in [5.74, 6) is 0.601. The molecule has 0 heterocycles. The summed E-state index contributed by atoms with van der Waals surface area (Å²) in [5.41, 5.74) is 4.20. The number of halogens is 1. The molecular formula is C11H11Br. The highest BCUT2D eigenvalue weighted by Gasteiger charge is 2.11. The van der Waals surface area contributed by atoms with E-state index in [1.165, 1.54) is 16.7 Å². The summed E-state index contributed by atoms with van der Waals surface area (Å²) in [6, 6.07) is 6.68. The van der Waals surface area contributed by atoms with Crippen LogP contribution >= 0.6 is 15.9 Å². The number of fused-ring (bicyclic) bond motifs is 1. The summed E-state index contributed by atoms with van der Waals surface area (Å²) in [4.78, 5) is 0. The first kappa shape index (κ1) is 8.06. The maximum Gasteiger partial charge on any atom is 0.0283 e. The van der Waals surface area contributed by atoms with E-state index in [4.69, 9.17) is 0 Å². The van der Waals surface area contributed by atoms with Crippen molar-refractivity contribution in [3.63, 3.8) is 0 Å². The van der Waals surface area contributed by atoms with Crippen molar-refractivity contribution >= 4 is 22.0 Å². The maximum atomic E-state index is 3.46. The van der Waals surface area contributed by atoms with Gasteiger partial charge in [0.05, 0.1) is 0 Å². The average Bonchev–Trinajstić information content (AvgIpc) is 2.47. The van der Waals surface area contributed by atoms with Gasteiger partial charge in [-0.15, -0.1) is 0 Å². The first-order valence-electron chi connectivity index (χ1n) is 4.18. The van der Waals surface area contributed by atoms with Crippen molar-refractivity contribution < 1.29 is 0 Å². The van der Waals surface area contributed by atoms with Crippen molar-refractivity contribution in [2.24, 2.45) is 0 Å². The molecule has 1 aromatic rings. The molecule has 0 fully saturated rings. The lowest BCUT2D eigenvalue weighted by atomic mass is 10.0. The first-order valence-corrected chi connectivity index (χ1v) is 5.30. The first-order chi connectivity index (χ1) is 5.81. The third-order valence-corrected chi connectivity index (χ3v) is 3.01. The number of rotatable bonds is 1. The van der Waals surface area contributed by atoms with E-state index < -0.39 is 0 Å². The van der Waals surface area contributed by atoms with Crippen LogP contribution in [0.25, 0.3) is 6.08 Å². The van der Waals surface area contributed by atoms with Crippen LogP contribution in [-0.4, -0.2) is 0 Å². The van der Waals surface area contributed by atoms with E-state index in [-0.39, 0.29) is 0 Å². The van der Waals surface area contributed by atoms with Gasteiger partial charge in [0.2, 0.25) is 0 Å². The molecule has 1 aliphatic rings. The Labute approximate surface area is 81.4 Å². The molecular weight excluding hydrogens is 212 g/mol. The maximum absolute atomic E-state index is 3.46. The molecule has 1 aromatic carbocycles. The predicted octanol–water partition coefficient (Wildman–Crippen LogP) is 3.71. The van der Waals surface area contributed by atoms with Crippen LogP contribution in [0.5, 0.6) is 0 Å². The normalized spacial score (nSPS) is 19.7. The van der Waals surface area contributed by atoms with E-state index in [2.05, 4.69) is 53.2 Å². The molecule has 0 nitrogen and oxygen atoms in total. The van der Waals surface area contributed by atoms with E-state index in [1.54, 1.807) is 0 Å². The average molecular weight is 223 g/mol. The summed E-state index contributed by atoms with van der Waals surface area (Å²) in [7, 11) is 0. The summed E-state index contributed by atoms with van der Waals surface area (Å²) < 4.78 is 0. The quantitative estimate of drug-likeness (QED) is 0.636. The molecule has 1 heteroatoms. The van der Waals surface area contributed by atoms with Gasteiger partial charge in [-0.05, 0) is 22.6 Å². The lowest BCUT2D eigenvalue weighted by molar-refractivity contribution is 0.989. The Bertz CT molecular complexity index is 326. The fraction of sp³-hybridized carbons (Fsp3) is 0.273. The second kappa shape index (κ2) is 3.06. The zero-order chi connectivity index (χ0) is 8.55. The van der Waals surface area contributed by atoms with Crippen LogP contribution in [0.2, 0.25) is 0 Å². The Kier molecular flexibility index (Phi) is 2.05. The van der Waals surface area contributed by atoms with Gasteiger partial charge in [0, 0.05) is 5.33 Å². The van der Waals surface area contributed by atoms with E-state index in [1.807, 2.05) is 0 Å². The van der Waals surface area contributed by atoms with Crippen LogP contribution in [0.4, 0.5) is 0 Å². The van der Waals surface area contributed by atoms with E-state index >= 15 is 0 Å². The summed E-state index contributed by atoms with van der Waals surface area (Å²) in [6.07, 6.45) is 4.47. The van der Waals surface area contributed by atoms with Crippen LogP contribution in [-0.2, 0) is 5.33 Å². The van der Waals surface area contributed by atoms with Crippen molar-refractivity contribution in [3.05, 3.63) is 41.0 Å². The molecule has 0 N–H and O–H groups in total. The molecule has 62 valence electrons. The number of alkyl halides is 1. The third kappa shape index (κ3) is 1.22. The molecule has 0 saturated carbocycles. The van der Waals surface area contributed by atoms with Crippen molar-refractivity contribution in [2.75, 3.05) is 0 Å². The molecule has 0 aliphatic heterocycles. The monoisotopic (exact) mass is 222 g/mol. The lowest BCUT2D eigenvalue weighted by Crippen LogP contribution is -1.88. The topological polar surface area (TPSA) is 0 Å². The van der Waals surface area contributed by atoms with Crippen LogP contribution in [0.15, 0.2) is 24.3 Å². The largest absolute Gasteiger partial charge is 0.0876 e. The van der Waals surface area contributed by atoms with Gasteiger partial charge >= 0.3 is 0 Å². The highest BCUT2D eigenvalue weighted by Crippen LogP contribution is 2.30. The number of benzene rings is 1. The third-order valence-electron chi connectivity index (χ3n) is 2.36. The van der Waals surface area contributed by atoms with Crippen LogP contribution in [0, 0.1) is 0 Å². The summed E-state index contributed by atoms with van der Waals surface area (Å²) in [6.45, 7) is 2.23. The fourth-order valence-electron chi connectivity index (χ4n) is 1.62. The van der Waals surface area contributed by atoms with Gasteiger partial charge in [0.1, 0.15) is 0 Å². The Morgan fingerprint density at radius 3 is 3.00 bits per heavy atom. The fourth-order valence-corrected chi connectivity index (χ4v) is 1.97. The minimum Gasteiger partial charge on any atom is -0.0876 e. The van der Waals surface area contributed by atoms with Crippen molar-refractivity contribution in [1.82, 2.24) is 0 Å². The Morgan fingerprint density at radius 2 is 2.25 bits per heavy atom. The molecule has 12 heavy (non-hydrogen) atoms. The number of hydrogen-bond acceptors (Lipinski definition) is 0. The van der Waals surface area contributed by atoms with Gasteiger partial charge in [-0.25, -0.2) is 0 Å². The molecule has 1 unspecified atom stereocenters. The van der Waals surface area contributed by atoms with Crippen molar-refractivity contribution in [1.29, 1.82) is 0 Å². The zero-order valence-electron chi connectivity index (χ0n) is 7.05. The zero-order valence-corrected chi connectivity index (χ0v) is 8.64. The molecule has 2 rings (SSSR count).